The lowest BCUT2D eigenvalue weighted by molar-refractivity contribution is 0.265. The topological polar surface area (TPSA) is 6.48 Å². The van der Waals surface area contributed by atoms with Crippen molar-refractivity contribution >= 4 is 0 Å². The molecule has 1 fully saturated rings. The maximum absolute atomic E-state index is 2.61. The number of rotatable bonds is 3. The molecule has 0 N–H and O–H groups in total. The SMILES string of the molecule is CC(CN1CCCN(C)CC1)c1ccccc1. The smallest absolute Gasteiger partial charge is 0.0109 e. The monoisotopic (exact) mass is 232 g/mol. The van der Waals surface area contributed by atoms with Gasteiger partial charge in [-0.05, 0) is 38.0 Å². The van der Waals surface area contributed by atoms with Crippen LogP contribution in [0.15, 0.2) is 30.3 Å². The molecule has 17 heavy (non-hydrogen) atoms. The van der Waals surface area contributed by atoms with Crippen molar-refractivity contribution in [3.05, 3.63) is 35.9 Å². The van der Waals surface area contributed by atoms with Gasteiger partial charge in [-0.3, -0.25) is 0 Å². The minimum Gasteiger partial charge on any atom is -0.305 e. The highest BCUT2D eigenvalue weighted by Crippen LogP contribution is 2.16. The van der Waals surface area contributed by atoms with Gasteiger partial charge in [0.15, 0.2) is 0 Å². The molecule has 0 spiro atoms. The van der Waals surface area contributed by atoms with Crippen molar-refractivity contribution in [3.63, 3.8) is 0 Å². The second kappa shape index (κ2) is 6.18. The zero-order valence-corrected chi connectivity index (χ0v) is 11.1. The van der Waals surface area contributed by atoms with Crippen molar-refractivity contribution in [1.82, 2.24) is 9.80 Å². The van der Waals surface area contributed by atoms with E-state index in [2.05, 4.69) is 54.1 Å². The number of benzene rings is 1. The van der Waals surface area contributed by atoms with Crippen LogP contribution in [0.3, 0.4) is 0 Å². The summed E-state index contributed by atoms with van der Waals surface area (Å²) in [4.78, 5) is 5.05. The first-order chi connectivity index (χ1) is 8.25. The van der Waals surface area contributed by atoms with Crippen LogP contribution in [0, 0.1) is 0 Å². The molecule has 1 atom stereocenters. The molecule has 1 aromatic rings. The molecule has 2 rings (SSSR count). The molecule has 2 nitrogen and oxygen atoms in total. The predicted octanol–water partition coefficient (Wildman–Crippen LogP) is 2.43. The Morgan fingerprint density at radius 1 is 1.06 bits per heavy atom. The summed E-state index contributed by atoms with van der Waals surface area (Å²) >= 11 is 0. The quantitative estimate of drug-likeness (QED) is 0.790. The number of likely N-dealkylation sites (N-methyl/N-ethyl adjacent to an activating group) is 1. The lowest BCUT2D eigenvalue weighted by Crippen LogP contribution is -2.31. The number of hydrogen-bond donors (Lipinski definition) is 0. The van der Waals surface area contributed by atoms with Gasteiger partial charge < -0.3 is 9.80 Å². The Morgan fingerprint density at radius 2 is 1.82 bits per heavy atom. The molecule has 2 heteroatoms. The standard InChI is InChI=1S/C15H24N2/c1-14(15-7-4-3-5-8-15)13-17-10-6-9-16(2)11-12-17/h3-5,7-8,14H,6,9-13H2,1-2H3. The van der Waals surface area contributed by atoms with E-state index >= 15 is 0 Å². The highest BCUT2D eigenvalue weighted by atomic mass is 15.2. The Hall–Kier alpha value is -0.860. The molecule has 1 aliphatic rings. The maximum atomic E-state index is 2.61. The third kappa shape index (κ3) is 3.83. The lowest BCUT2D eigenvalue weighted by atomic mass is 10.0. The Bertz CT molecular complexity index is 323. The summed E-state index contributed by atoms with van der Waals surface area (Å²) < 4.78 is 0. The fraction of sp³-hybridized carbons (Fsp3) is 0.600. The van der Waals surface area contributed by atoms with Gasteiger partial charge in [-0.15, -0.1) is 0 Å². The van der Waals surface area contributed by atoms with E-state index in [0.717, 1.165) is 0 Å². The molecular formula is C15H24N2. The Morgan fingerprint density at radius 3 is 2.59 bits per heavy atom. The van der Waals surface area contributed by atoms with Gasteiger partial charge in [0.25, 0.3) is 0 Å². The second-order valence-corrected chi connectivity index (χ2v) is 5.27. The van der Waals surface area contributed by atoms with Gasteiger partial charge in [0, 0.05) is 19.6 Å². The van der Waals surface area contributed by atoms with E-state index in [1.54, 1.807) is 0 Å². The summed E-state index contributed by atoms with van der Waals surface area (Å²) in [5, 5.41) is 0. The van der Waals surface area contributed by atoms with E-state index in [0.29, 0.717) is 5.92 Å². The number of hydrogen-bond acceptors (Lipinski definition) is 2. The van der Waals surface area contributed by atoms with Crippen LogP contribution in [-0.4, -0.2) is 49.6 Å². The van der Waals surface area contributed by atoms with Crippen LogP contribution < -0.4 is 0 Å². The average Bonchev–Trinajstić information content (AvgIpc) is 2.56. The first-order valence-corrected chi connectivity index (χ1v) is 6.71. The zero-order chi connectivity index (χ0) is 12.1. The minimum absolute atomic E-state index is 0.639. The molecular weight excluding hydrogens is 208 g/mol. The van der Waals surface area contributed by atoms with E-state index in [1.807, 2.05) is 0 Å². The van der Waals surface area contributed by atoms with Crippen molar-refractivity contribution in [3.8, 4) is 0 Å². The predicted molar refractivity (Wildman–Crippen MR) is 73.4 cm³/mol. The molecule has 0 radical (unpaired) electrons. The molecule has 0 aromatic heterocycles. The molecule has 1 saturated heterocycles. The van der Waals surface area contributed by atoms with E-state index < -0.39 is 0 Å². The fourth-order valence-corrected chi connectivity index (χ4v) is 2.56. The first kappa shape index (κ1) is 12.6. The summed E-state index contributed by atoms with van der Waals surface area (Å²) in [6, 6.07) is 10.9. The third-order valence-corrected chi connectivity index (χ3v) is 3.71. The number of nitrogens with zero attached hydrogens (tertiary/aromatic N) is 2. The van der Waals surface area contributed by atoms with Gasteiger partial charge in [-0.1, -0.05) is 37.3 Å². The van der Waals surface area contributed by atoms with Crippen LogP contribution in [0.1, 0.15) is 24.8 Å². The Balaban J connectivity index is 1.88. The summed E-state index contributed by atoms with van der Waals surface area (Å²) in [5.41, 5.74) is 1.46. The largest absolute Gasteiger partial charge is 0.305 e. The van der Waals surface area contributed by atoms with Crippen molar-refractivity contribution < 1.29 is 0 Å². The molecule has 1 aliphatic heterocycles. The van der Waals surface area contributed by atoms with Crippen molar-refractivity contribution in [2.75, 3.05) is 39.8 Å². The van der Waals surface area contributed by atoms with Crippen molar-refractivity contribution in [2.45, 2.75) is 19.3 Å². The normalized spacial score (nSPS) is 21.1. The Kier molecular flexibility index (Phi) is 4.57. The van der Waals surface area contributed by atoms with Gasteiger partial charge in [0.05, 0.1) is 0 Å². The van der Waals surface area contributed by atoms with E-state index in [4.69, 9.17) is 0 Å². The van der Waals surface area contributed by atoms with Crippen LogP contribution in [-0.2, 0) is 0 Å². The van der Waals surface area contributed by atoms with Gasteiger partial charge in [0.2, 0.25) is 0 Å². The van der Waals surface area contributed by atoms with Crippen LogP contribution in [0.2, 0.25) is 0 Å². The van der Waals surface area contributed by atoms with E-state index in [1.165, 1.54) is 44.7 Å². The van der Waals surface area contributed by atoms with Crippen LogP contribution in [0.4, 0.5) is 0 Å². The first-order valence-electron chi connectivity index (χ1n) is 6.71. The van der Waals surface area contributed by atoms with Crippen LogP contribution >= 0.6 is 0 Å². The Labute approximate surface area is 105 Å². The molecule has 1 aromatic carbocycles. The molecule has 1 unspecified atom stereocenters. The summed E-state index contributed by atoms with van der Waals surface area (Å²) in [5.74, 6) is 0.639. The minimum atomic E-state index is 0.639. The fourth-order valence-electron chi connectivity index (χ4n) is 2.56. The van der Waals surface area contributed by atoms with Crippen LogP contribution in [0.5, 0.6) is 0 Å². The van der Waals surface area contributed by atoms with Crippen molar-refractivity contribution in [2.24, 2.45) is 0 Å². The summed E-state index contributed by atoms with van der Waals surface area (Å²) in [6.07, 6.45) is 1.30. The third-order valence-electron chi connectivity index (χ3n) is 3.71. The molecule has 0 aliphatic carbocycles. The zero-order valence-electron chi connectivity index (χ0n) is 11.1. The molecule has 0 amide bonds. The van der Waals surface area contributed by atoms with E-state index in [-0.39, 0.29) is 0 Å². The second-order valence-electron chi connectivity index (χ2n) is 5.27. The summed E-state index contributed by atoms with van der Waals surface area (Å²) in [6.45, 7) is 8.45. The molecule has 0 saturated carbocycles. The summed E-state index contributed by atoms with van der Waals surface area (Å²) in [7, 11) is 2.23. The lowest BCUT2D eigenvalue weighted by Gasteiger charge is -2.24. The molecule has 0 bridgehead atoms. The van der Waals surface area contributed by atoms with Crippen LogP contribution in [0.25, 0.3) is 0 Å². The molecule has 1 heterocycles. The molecule has 94 valence electrons. The van der Waals surface area contributed by atoms with Gasteiger partial charge >= 0.3 is 0 Å². The highest BCUT2D eigenvalue weighted by Gasteiger charge is 2.15. The van der Waals surface area contributed by atoms with Crippen molar-refractivity contribution in [1.29, 1.82) is 0 Å². The van der Waals surface area contributed by atoms with Gasteiger partial charge in [0.1, 0.15) is 0 Å². The average molecular weight is 232 g/mol. The van der Waals surface area contributed by atoms with Gasteiger partial charge in [-0.25, -0.2) is 0 Å². The van der Waals surface area contributed by atoms with Gasteiger partial charge in [-0.2, -0.15) is 0 Å². The van der Waals surface area contributed by atoms with E-state index in [9.17, 15) is 0 Å². The maximum Gasteiger partial charge on any atom is 0.0109 e. The highest BCUT2D eigenvalue weighted by molar-refractivity contribution is 5.19.